The van der Waals surface area contributed by atoms with Crippen LogP contribution < -0.4 is 5.32 Å². The number of nitrogens with one attached hydrogen (secondary N) is 1. The second-order valence-electron chi connectivity index (χ2n) is 7.44. The van der Waals surface area contributed by atoms with Crippen molar-refractivity contribution in [3.05, 3.63) is 47.5 Å². The van der Waals surface area contributed by atoms with Crippen LogP contribution in [0.15, 0.2) is 40.8 Å². The van der Waals surface area contributed by atoms with Crippen molar-refractivity contribution in [2.24, 2.45) is 0 Å². The molecule has 7 heteroatoms. The van der Waals surface area contributed by atoms with Crippen molar-refractivity contribution >= 4 is 22.7 Å². The largest absolute Gasteiger partial charge is 0.471 e. The Morgan fingerprint density at radius 3 is 2.26 bits per heavy atom. The van der Waals surface area contributed by atoms with E-state index >= 15 is 0 Å². The smallest absolute Gasteiger partial charge is 0.436 e. The van der Waals surface area contributed by atoms with Crippen LogP contribution in [0, 0.1) is 6.92 Å². The number of nitrogens with zero attached hydrogens (tertiary/aromatic N) is 1. The highest BCUT2D eigenvalue weighted by Crippen LogP contribution is 2.31. The van der Waals surface area contributed by atoms with Gasteiger partial charge in [-0.3, -0.25) is 4.79 Å². The monoisotopic (exact) mass is 376 g/mol. The summed E-state index contributed by atoms with van der Waals surface area (Å²) in [6.07, 6.45) is -4.95. The van der Waals surface area contributed by atoms with Crippen LogP contribution in [0.4, 0.5) is 18.9 Å². The lowest BCUT2D eigenvalue weighted by Crippen LogP contribution is -2.29. The first-order chi connectivity index (χ1) is 12.4. The van der Waals surface area contributed by atoms with Gasteiger partial charge < -0.3 is 9.73 Å². The molecular formula is C20H19F3N2O2. The molecule has 2 aromatic carbocycles. The van der Waals surface area contributed by atoms with Crippen LogP contribution in [0.2, 0.25) is 0 Å². The molecule has 0 unspecified atom stereocenters. The third kappa shape index (κ3) is 3.97. The summed E-state index contributed by atoms with van der Waals surface area (Å²) in [5, 5.41) is 1.84. The molecule has 0 aliphatic carbocycles. The fourth-order valence-corrected chi connectivity index (χ4v) is 2.71. The summed E-state index contributed by atoms with van der Waals surface area (Å²) in [6.45, 7) is 8.02. The van der Waals surface area contributed by atoms with Crippen molar-refractivity contribution < 1.29 is 22.4 Å². The zero-order chi connectivity index (χ0) is 20.0. The predicted molar refractivity (Wildman–Crippen MR) is 97.6 cm³/mol. The number of carbonyl (C=O) groups excluding carboxylic acids is 1. The Labute approximate surface area is 154 Å². The number of aryl methyl sites for hydroxylation is 1. The number of halogens is 3. The van der Waals surface area contributed by atoms with Crippen LogP contribution in [0.5, 0.6) is 0 Å². The summed E-state index contributed by atoms with van der Waals surface area (Å²) < 4.78 is 43.1. The van der Waals surface area contributed by atoms with E-state index in [0.717, 1.165) is 11.1 Å². The number of alkyl halides is 3. The molecule has 0 saturated heterocycles. The van der Waals surface area contributed by atoms with Crippen molar-refractivity contribution in [2.45, 2.75) is 39.3 Å². The lowest BCUT2D eigenvalue weighted by Gasteiger charge is -2.18. The predicted octanol–water partition coefficient (Wildman–Crippen LogP) is 5.60. The zero-order valence-electron chi connectivity index (χ0n) is 15.4. The molecule has 0 atom stereocenters. The normalized spacial score (nSPS) is 12.4. The number of anilines is 1. The van der Waals surface area contributed by atoms with E-state index in [4.69, 9.17) is 4.42 Å². The SMILES string of the molecule is Cc1cc(NC(=O)C(F)(F)F)cc2nc(-c3ccc(C(C)(C)C)cc3)oc12. The maximum atomic E-state index is 12.4. The molecule has 0 bridgehead atoms. The summed E-state index contributed by atoms with van der Waals surface area (Å²) in [7, 11) is 0. The summed E-state index contributed by atoms with van der Waals surface area (Å²) in [4.78, 5) is 15.5. The van der Waals surface area contributed by atoms with Gasteiger partial charge in [-0.05, 0) is 47.7 Å². The fourth-order valence-electron chi connectivity index (χ4n) is 2.71. The molecule has 1 amide bonds. The number of carbonyl (C=O) groups is 1. The van der Waals surface area contributed by atoms with Crippen LogP contribution in [0.1, 0.15) is 31.9 Å². The van der Waals surface area contributed by atoms with Gasteiger partial charge in [0.1, 0.15) is 5.52 Å². The number of hydrogen-bond acceptors (Lipinski definition) is 3. The van der Waals surface area contributed by atoms with Crippen LogP contribution >= 0.6 is 0 Å². The van der Waals surface area contributed by atoms with E-state index in [1.807, 2.05) is 29.6 Å². The third-order valence-electron chi connectivity index (χ3n) is 4.19. The lowest BCUT2D eigenvalue weighted by atomic mass is 9.87. The van der Waals surface area contributed by atoms with E-state index < -0.39 is 12.1 Å². The number of aromatic nitrogens is 1. The molecule has 1 aromatic heterocycles. The molecule has 27 heavy (non-hydrogen) atoms. The van der Waals surface area contributed by atoms with Gasteiger partial charge in [-0.25, -0.2) is 4.98 Å². The third-order valence-corrected chi connectivity index (χ3v) is 4.19. The van der Waals surface area contributed by atoms with E-state index in [2.05, 4.69) is 25.8 Å². The van der Waals surface area contributed by atoms with Gasteiger partial charge >= 0.3 is 12.1 Å². The molecule has 0 aliphatic heterocycles. The van der Waals surface area contributed by atoms with Gasteiger partial charge in [-0.2, -0.15) is 13.2 Å². The van der Waals surface area contributed by atoms with Gasteiger partial charge in [0.15, 0.2) is 5.58 Å². The van der Waals surface area contributed by atoms with Crippen molar-refractivity contribution in [3.63, 3.8) is 0 Å². The highest BCUT2D eigenvalue weighted by molar-refractivity contribution is 5.97. The zero-order valence-corrected chi connectivity index (χ0v) is 15.4. The number of fused-ring (bicyclic) bond motifs is 1. The minimum absolute atomic E-state index is 0.0159. The van der Waals surface area contributed by atoms with Gasteiger partial charge in [0.05, 0.1) is 0 Å². The Balaban J connectivity index is 1.95. The van der Waals surface area contributed by atoms with Gasteiger partial charge in [-0.15, -0.1) is 0 Å². The molecule has 3 rings (SSSR count). The maximum Gasteiger partial charge on any atom is 0.471 e. The molecule has 3 aromatic rings. The topological polar surface area (TPSA) is 55.1 Å². The van der Waals surface area contributed by atoms with Crippen LogP contribution in [-0.4, -0.2) is 17.1 Å². The van der Waals surface area contributed by atoms with Gasteiger partial charge in [0.25, 0.3) is 0 Å². The number of hydrogen-bond donors (Lipinski definition) is 1. The molecule has 0 spiro atoms. The van der Waals surface area contributed by atoms with E-state index in [-0.39, 0.29) is 11.1 Å². The van der Waals surface area contributed by atoms with Crippen LogP contribution in [0.25, 0.3) is 22.6 Å². The van der Waals surface area contributed by atoms with Gasteiger partial charge in [-0.1, -0.05) is 32.9 Å². The maximum absolute atomic E-state index is 12.4. The molecule has 4 nitrogen and oxygen atoms in total. The number of rotatable bonds is 2. The quantitative estimate of drug-likeness (QED) is 0.633. The second-order valence-corrected chi connectivity index (χ2v) is 7.44. The average Bonchev–Trinajstić information content (AvgIpc) is 2.98. The highest BCUT2D eigenvalue weighted by Gasteiger charge is 2.38. The first-order valence-electron chi connectivity index (χ1n) is 8.35. The molecule has 1 N–H and O–H groups in total. The molecule has 142 valence electrons. The molecule has 0 saturated carbocycles. The summed E-state index contributed by atoms with van der Waals surface area (Å²) in [5.74, 6) is -1.66. The van der Waals surface area contributed by atoms with Crippen molar-refractivity contribution in [1.82, 2.24) is 4.98 Å². The molecular weight excluding hydrogens is 357 g/mol. The molecule has 0 radical (unpaired) electrons. The summed E-state index contributed by atoms with van der Waals surface area (Å²) in [5.41, 5.74) is 3.38. The molecule has 1 heterocycles. The van der Waals surface area contributed by atoms with Gasteiger partial charge in [0.2, 0.25) is 5.89 Å². The Bertz CT molecular complexity index is 997. The Morgan fingerprint density at radius 2 is 1.70 bits per heavy atom. The second kappa shape index (κ2) is 6.40. The standard InChI is InChI=1S/C20H19F3N2O2/c1-11-9-14(24-18(26)20(21,22)23)10-15-16(11)27-17(25-15)12-5-7-13(8-6-12)19(2,3)4/h5-10H,1-4H3,(H,24,26). The Morgan fingerprint density at radius 1 is 1.07 bits per heavy atom. The first kappa shape index (κ1) is 18.9. The van der Waals surface area contributed by atoms with Crippen molar-refractivity contribution in [3.8, 4) is 11.5 Å². The number of benzene rings is 2. The molecule has 0 fully saturated rings. The van der Waals surface area contributed by atoms with Crippen molar-refractivity contribution in [2.75, 3.05) is 5.32 Å². The molecule has 0 aliphatic rings. The van der Waals surface area contributed by atoms with Crippen LogP contribution in [0.3, 0.4) is 0 Å². The van der Waals surface area contributed by atoms with E-state index in [0.29, 0.717) is 22.6 Å². The van der Waals surface area contributed by atoms with E-state index in [1.165, 1.54) is 12.1 Å². The van der Waals surface area contributed by atoms with Gasteiger partial charge in [0, 0.05) is 11.3 Å². The van der Waals surface area contributed by atoms with Crippen molar-refractivity contribution in [1.29, 1.82) is 0 Å². The van der Waals surface area contributed by atoms with E-state index in [1.54, 1.807) is 6.92 Å². The van der Waals surface area contributed by atoms with E-state index in [9.17, 15) is 18.0 Å². The fraction of sp³-hybridized carbons (Fsp3) is 0.300. The minimum Gasteiger partial charge on any atom is -0.436 e. The summed E-state index contributed by atoms with van der Waals surface area (Å²) in [6, 6.07) is 10.6. The number of oxazole rings is 1. The van der Waals surface area contributed by atoms with Crippen LogP contribution in [-0.2, 0) is 10.2 Å². The average molecular weight is 376 g/mol. The Hall–Kier alpha value is -2.83. The highest BCUT2D eigenvalue weighted by atomic mass is 19.4. The number of amides is 1. The summed E-state index contributed by atoms with van der Waals surface area (Å²) >= 11 is 0. The lowest BCUT2D eigenvalue weighted by molar-refractivity contribution is -0.167. The minimum atomic E-state index is -4.95. The first-order valence-corrected chi connectivity index (χ1v) is 8.35. The Kier molecular flexibility index (Phi) is 4.49.